The number of hydrogen-bond donors (Lipinski definition) is 1. The molecule has 2 aromatic rings. The van der Waals surface area contributed by atoms with Gasteiger partial charge in [-0.25, -0.2) is 0 Å². The zero-order chi connectivity index (χ0) is 17.6. The Morgan fingerprint density at radius 2 is 2.12 bits per heavy atom. The SMILES string of the molecule is CN(C)C[C@@H]1CN(Cc2ccccn2)C[C@H]1NC(=O)c1cccnc1. The molecule has 1 amide bonds. The third-order valence-electron chi connectivity index (χ3n) is 4.47. The number of pyridine rings is 2. The van der Waals surface area contributed by atoms with Gasteiger partial charge in [0.15, 0.2) is 0 Å². The highest BCUT2D eigenvalue weighted by atomic mass is 16.1. The Labute approximate surface area is 148 Å². The minimum atomic E-state index is -0.0541. The van der Waals surface area contributed by atoms with Gasteiger partial charge in [0.2, 0.25) is 0 Å². The van der Waals surface area contributed by atoms with Crippen molar-refractivity contribution in [1.82, 2.24) is 25.1 Å². The maximum Gasteiger partial charge on any atom is 0.253 e. The second-order valence-electron chi connectivity index (χ2n) is 6.86. The van der Waals surface area contributed by atoms with E-state index in [0.717, 1.165) is 31.9 Å². The van der Waals surface area contributed by atoms with E-state index in [0.29, 0.717) is 11.5 Å². The van der Waals surface area contributed by atoms with Crippen molar-refractivity contribution in [2.24, 2.45) is 5.92 Å². The first kappa shape index (κ1) is 17.5. The van der Waals surface area contributed by atoms with Gasteiger partial charge in [0.25, 0.3) is 5.91 Å². The van der Waals surface area contributed by atoms with E-state index < -0.39 is 0 Å². The first-order chi connectivity index (χ1) is 12.1. The van der Waals surface area contributed by atoms with Crippen molar-refractivity contribution in [3.05, 3.63) is 60.2 Å². The summed E-state index contributed by atoms with van der Waals surface area (Å²) in [5, 5.41) is 3.20. The predicted molar refractivity (Wildman–Crippen MR) is 97.0 cm³/mol. The van der Waals surface area contributed by atoms with Crippen molar-refractivity contribution in [3.63, 3.8) is 0 Å². The van der Waals surface area contributed by atoms with Crippen LogP contribution in [0.5, 0.6) is 0 Å². The number of nitrogens with one attached hydrogen (secondary N) is 1. The number of hydrogen-bond acceptors (Lipinski definition) is 5. The molecular formula is C19H25N5O. The molecule has 6 nitrogen and oxygen atoms in total. The van der Waals surface area contributed by atoms with Gasteiger partial charge in [0.1, 0.15) is 0 Å². The molecule has 1 saturated heterocycles. The average molecular weight is 339 g/mol. The van der Waals surface area contributed by atoms with Crippen molar-refractivity contribution in [2.75, 3.05) is 33.7 Å². The molecule has 6 heteroatoms. The van der Waals surface area contributed by atoms with Crippen LogP contribution in [0.25, 0.3) is 0 Å². The summed E-state index contributed by atoms with van der Waals surface area (Å²) in [6, 6.07) is 9.69. The van der Waals surface area contributed by atoms with Crippen LogP contribution in [0.15, 0.2) is 48.9 Å². The number of nitrogens with zero attached hydrogens (tertiary/aromatic N) is 4. The van der Waals surface area contributed by atoms with Crippen molar-refractivity contribution >= 4 is 5.91 Å². The summed E-state index contributed by atoms with van der Waals surface area (Å²) in [5.41, 5.74) is 1.67. The summed E-state index contributed by atoms with van der Waals surface area (Å²) in [5.74, 6) is 0.334. The highest BCUT2D eigenvalue weighted by Crippen LogP contribution is 2.20. The second kappa shape index (κ2) is 8.18. The number of carbonyl (C=O) groups excluding carboxylic acids is 1. The molecule has 1 aliphatic rings. The number of likely N-dealkylation sites (tertiary alicyclic amines) is 1. The standard InChI is InChI=1S/C19H25N5O/c1-23(2)11-16-12-24(13-17-7-3-4-9-21-17)14-18(16)22-19(25)15-6-5-8-20-10-15/h3-10,16,18H,11-14H2,1-2H3,(H,22,25)/t16-,18-/m1/s1. The third-order valence-corrected chi connectivity index (χ3v) is 4.47. The van der Waals surface area contributed by atoms with Gasteiger partial charge < -0.3 is 10.2 Å². The molecule has 3 heterocycles. The fraction of sp³-hybridized carbons (Fsp3) is 0.421. The molecule has 3 rings (SSSR count). The first-order valence-electron chi connectivity index (χ1n) is 8.59. The lowest BCUT2D eigenvalue weighted by molar-refractivity contribution is 0.0926. The molecule has 0 aromatic carbocycles. The van der Waals surface area contributed by atoms with Gasteiger partial charge in [-0.15, -0.1) is 0 Å². The van der Waals surface area contributed by atoms with Crippen LogP contribution >= 0.6 is 0 Å². The summed E-state index contributed by atoms with van der Waals surface area (Å²) >= 11 is 0. The largest absolute Gasteiger partial charge is 0.348 e. The zero-order valence-corrected chi connectivity index (χ0v) is 14.8. The van der Waals surface area contributed by atoms with Gasteiger partial charge >= 0.3 is 0 Å². The molecule has 25 heavy (non-hydrogen) atoms. The maximum atomic E-state index is 12.5. The van der Waals surface area contributed by atoms with E-state index in [1.807, 2.05) is 24.4 Å². The van der Waals surface area contributed by atoms with Crippen LogP contribution in [0, 0.1) is 5.92 Å². The van der Waals surface area contributed by atoms with E-state index in [1.54, 1.807) is 24.5 Å². The average Bonchev–Trinajstić information content (AvgIpc) is 2.96. The van der Waals surface area contributed by atoms with Crippen molar-refractivity contribution in [2.45, 2.75) is 12.6 Å². The zero-order valence-electron chi connectivity index (χ0n) is 14.8. The van der Waals surface area contributed by atoms with Crippen LogP contribution in [0.2, 0.25) is 0 Å². The molecule has 0 aliphatic carbocycles. The first-order valence-corrected chi connectivity index (χ1v) is 8.59. The molecular weight excluding hydrogens is 314 g/mol. The Morgan fingerprint density at radius 1 is 1.24 bits per heavy atom. The fourth-order valence-corrected chi connectivity index (χ4v) is 3.38. The summed E-state index contributed by atoms with van der Waals surface area (Å²) in [6.45, 7) is 3.54. The summed E-state index contributed by atoms with van der Waals surface area (Å²) in [6.07, 6.45) is 5.11. The van der Waals surface area contributed by atoms with Crippen molar-refractivity contribution in [1.29, 1.82) is 0 Å². The molecule has 0 saturated carbocycles. The Kier molecular flexibility index (Phi) is 5.73. The highest BCUT2D eigenvalue weighted by Gasteiger charge is 2.34. The summed E-state index contributed by atoms with van der Waals surface area (Å²) in [7, 11) is 4.14. The molecule has 2 aromatic heterocycles. The van der Waals surface area contributed by atoms with Gasteiger partial charge in [0.05, 0.1) is 11.3 Å². The molecule has 1 N–H and O–H groups in total. The van der Waals surface area contributed by atoms with E-state index in [2.05, 4.69) is 39.2 Å². The Hall–Kier alpha value is -2.31. The van der Waals surface area contributed by atoms with Crippen molar-refractivity contribution in [3.8, 4) is 0 Å². The Bertz CT molecular complexity index is 677. The number of carbonyl (C=O) groups is 1. The molecule has 1 aliphatic heterocycles. The molecule has 0 radical (unpaired) electrons. The van der Waals surface area contributed by atoms with Crippen LogP contribution < -0.4 is 5.32 Å². The minimum Gasteiger partial charge on any atom is -0.348 e. The normalized spacial score (nSPS) is 20.8. The van der Waals surface area contributed by atoms with E-state index >= 15 is 0 Å². The lowest BCUT2D eigenvalue weighted by atomic mass is 10.0. The monoisotopic (exact) mass is 339 g/mol. The van der Waals surface area contributed by atoms with Crippen LogP contribution in [0.4, 0.5) is 0 Å². The van der Waals surface area contributed by atoms with Gasteiger partial charge in [-0.05, 0) is 38.4 Å². The van der Waals surface area contributed by atoms with E-state index in [4.69, 9.17) is 0 Å². The van der Waals surface area contributed by atoms with Gasteiger partial charge in [-0.3, -0.25) is 19.7 Å². The van der Waals surface area contributed by atoms with Crippen LogP contribution in [0.3, 0.4) is 0 Å². The lowest BCUT2D eigenvalue weighted by Gasteiger charge is -2.22. The molecule has 1 fully saturated rings. The van der Waals surface area contributed by atoms with E-state index in [9.17, 15) is 4.79 Å². The quantitative estimate of drug-likeness (QED) is 0.859. The van der Waals surface area contributed by atoms with E-state index in [1.165, 1.54) is 0 Å². The molecule has 132 valence electrons. The fourth-order valence-electron chi connectivity index (χ4n) is 3.38. The van der Waals surface area contributed by atoms with Crippen LogP contribution in [-0.2, 0) is 6.54 Å². The van der Waals surface area contributed by atoms with Crippen LogP contribution in [-0.4, -0.2) is 65.4 Å². The van der Waals surface area contributed by atoms with Crippen LogP contribution in [0.1, 0.15) is 16.1 Å². The number of rotatable bonds is 6. The van der Waals surface area contributed by atoms with Crippen molar-refractivity contribution < 1.29 is 4.79 Å². The van der Waals surface area contributed by atoms with E-state index in [-0.39, 0.29) is 11.9 Å². The highest BCUT2D eigenvalue weighted by molar-refractivity contribution is 5.94. The number of aromatic nitrogens is 2. The predicted octanol–water partition coefficient (Wildman–Crippen LogP) is 1.27. The second-order valence-corrected chi connectivity index (χ2v) is 6.86. The minimum absolute atomic E-state index is 0.0541. The summed E-state index contributed by atoms with van der Waals surface area (Å²) < 4.78 is 0. The third kappa shape index (κ3) is 4.84. The molecule has 0 unspecified atom stereocenters. The van der Waals surface area contributed by atoms with Gasteiger partial charge in [0, 0.05) is 56.7 Å². The van der Waals surface area contributed by atoms with Gasteiger partial charge in [-0.1, -0.05) is 6.07 Å². The Morgan fingerprint density at radius 3 is 2.80 bits per heavy atom. The molecule has 2 atom stereocenters. The number of amides is 1. The summed E-state index contributed by atoms with van der Waals surface area (Å²) in [4.78, 5) is 25.5. The smallest absolute Gasteiger partial charge is 0.253 e. The Balaban J connectivity index is 1.66. The topological polar surface area (TPSA) is 61.4 Å². The lowest BCUT2D eigenvalue weighted by Crippen LogP contribution is -2.43. The molecule has 0 spiro atoms. The maximum absolute atomic E-state index is 12.5. The molecule has 0 bridgehead atoms. The van der Waals surface area contributed by atoms with Gasteiger partial charge in [-0.2, -0.15) is 0 Å².